The van der Waals surface area contributed by atoms with Crippen LogP contribution in [-0.2, 0) is 9.84 Å². The Bertz CT molecular complexity index is 948. The molecule has 1 aliphatic rings. The summed E-state index contributed by atoms with van der Waals surface area (Å²) in [6, 6.07) is 6.48. The molecule has 0 aliphatic carbocycles. The summed E-state index contributed by atoms with van der Waals surface area (Å²) in [6.07, 6.45) is 0. The van der Waals surface area contributed by atoms with Crippen LogP contribution in [0, 0.1) is 6.92 Å². The number of hydrogen-bond acceptors (Lipinski definition) is 6. The SMILES string of the molecule is Cc1cc(C(=O)N2CCN(c3ccccc3S(=O)(=O)C(F)(F)F)CC2)on1. The minimum absolute atomic E-state index is 0.0302. The van der Waals surface area contributed by atoms with Crippen LogP contribution in [0.25, 0.3) is 0 Å². The highest BCUT2D eigenvalue weighted by atomic mass is 32.2. The van der Waals surface area contributed by atoms with E-state index in [9.17, 15) is 26.4 Å². The molecule has 0 atom stereocenters. The first-order valence-corrected chi connectivity index (χ1v) is 9.47. The number of alkyl halides is 3. The van der Waals surface area contributed by atoms with Crippen molar-refractivity contribution < 1.29 is 30.9 Å². The molecular formula is C16H16F3N3O4S. The van der Waals surface area contributed by atoms with Gasteiger partial charge in [0, 0.05) is 32.2 Å². The second-order valence-electron chi connectivity index (χ2n) is 6.03. The summed E-state index contributed by atoms with van der Waals surface area (Å²) < 4.78 is 67.5. The Labute approximate surface area is 153 Å². The van der Waals surface area contributed by atoms with Gasteiger partial charge < -0.3 is 14.3 Å². The van der Waals surface area contributed by atoms with Crippen molar-refractivity contribution in [2.75, 3.05) is 31.1 Å². The standard InChI is InChI=1S/C16H16F3N3O4S/c1-11-10-13(26-20-11)15(23)22-8-6-21(7-9-22)12-4-2-3-5-14(12)27(24,25)16(17,18)19/h2-5,10H,6-9H2,1H3. The first kappa shape index (κ1) is 19.2. The van der Waals surface area contributed by atoms with Crippen LogP contribution in [0.3, 0.4) is 0 Å². The maximum Gasteiger partial charge on any atom is 0.501 e. The highest BCUT2D eigenvalue weighted by molar-refractivity contribution is 7.92. The lowest BCUT2D eigenvalue weighted by molar-refractivity contribution is -0.0435. The maximum absolute atomic E-state index is 12.9. The molecule has 1 aliphatic heterocycles. The summed E-state index contributed by atoms with van der Waals surface area (Å²) in [4.78, 5) is 14.6. The first-order chi connectivity index (χ1) is 12.6. The van der Waals surface area contributed by atoms with Crippen molar-refractivity contribution in [3.05, 3.63) is 41.8 Å². The molecule has 2 aromatic rings. The fourth-order valence-corrected chi connectivity index (χ4v) is 3.82. The van der Waals surface area contributed by atoms with Crippen molar-refractivity contribution >= 4 is 21.4 Å². The molecule has 1 aromatic carbocycles. The Hall–Kier alpha value is -2.56. The molecule has 27 heavy (non-hydrogen) atoms. The molecule has 146 valence electrons. The molecule has 1 fully saturated rings. The van der Waals surface area contributed by atoms with Crippen LogP contribution in [0.15, 0.2) is 39.8 Å². The van der Waals surface area contributed by atoms with E-state index in [2.05, 4.69) is 5.16 Å². The monoisotopic (exact) mass is 403 g/mol. The lowest BCUT2D eigenvalue weighted by atomic mass is 10.2. The van der Waals surface area contributed by atoms with Gasteiger partial charge in [0.2, 0.25) is 5.76 Å². The Morgan fingerprint density at radius 1 is 1.15 bits per heavy atom. The molecule has 0 saturated carbocycles. The third kappa shape index (κ3) is 3.64. The number of sulfone groups is 1. The Morgan fingerprint density at radius 2 is 1.78 bits per heavy atom. The summed E-state index contributed by atoms with van der Waals surface area (Å²) in [5, 5.41) is 3.65. The number of amides is 1. The normalized spacial score (nSPS) is 15.9. The third-order valence-electron chi connectivity index (χ3n) is 4.21. The highest BCUT2D eigenvalue weighted by Crippen LogP contribution is 2.36. The van der Waals surface area contributed by atoms with Gasteiger partial charge in [-0.3, -0.25) is 4.79 Å². The zero-order valence-corrected chi connectivity index (χ0v) is 15.0. The second-order valence-corrected chi connectivity index (χ2v) is 7.94. The lowest BCUT2D eigenvalue weighted by Gasteiger charge is -2.36. The van der Waals surface area contributed by atoms with E-state index in [-0.39, 0.29) is 43.5 Å². The maximum atomic E-state index is 12.9. The number of para-hydroxylation sites is 1. The summed E-state index contributed by atoms with van der Waals surface area (Å²) in [7, 11) is -5.47. The zero-order valence-electron chi connectivity index (χ0n) is 14.2. The van der Waals surface area contributed by atoms with Gasteiger partial charge >= 0.3 is 5.51 Å². The van der Waals surface area contributed by atoms with Gasteiger partial charge in [-0.25, -0.2) is 8.42 Å². The molecule has 1 amide bonds. The van der Waals surface area contributed by atoms with Gasteiger partial charge in [0.1, 0.15) is 0 Å². The average Bonchev–Trinajstić information content (AvgIpc) is 3.07. The molecular weight excluding hydrogens is 387 g/mol. The minimum atomic E-state index is -5.47. The van der Waals surface area contributed by atoms with Crippen molar-refractivity contribution in [3.63, 3.8) is 0 Å². The molecule has 2 heterocycles. The molecule has 0 radical (unpaired) electrons. The van der Waals surface area contributed by atoms with Crippen LogP contribution in [0.5, 0.6) is 0 Å². The molecule has 1 aromatic heterocycles. The molecule has 0 bridgehead atoms. The number of carbonyl (C=O) groups is 1. The van der Waals surface area contributed by atoms with Crippen molar-refractivity contribution in [1.82, 2.24) is 10.1 Å². The van der Waals surface area contributed by atoms with Crippen LogP contribution >= 0.6 is 0 Å². The molecule has 0 spiro atoms. The smallest absolute Gasteiger partial charge is 0.367 e. The van der Waals surface area contributed by atoms with E-state index in [4.69, 9.17) is 4.52 Å². The van der Waals surface area contributed by atoms with E-state index < -0.39 is 20.2 Å². The molecule has 0 N–H and O–H groups in total. The van der Waals surface area contributed by atoms with E-state index >= 15 is 0 Å². The summed E-state index contributed by atoms with van der Waals surface area (Å²) >= 11 is 0. The Kier molecular flexibility index (Phi) is 4.89. The predicted molar refractivity (Wildman–Crippen MR) is 89.0 cm³/mol. The molecule has 7 nitrogen and oxygen atoms in total. The van der Waals surface area contributed by atoms with Crippen molar-refractivity contribution in [2.45, 2.75) is 17.3 Å². The second kappa shape index (κ2) is 6.87. The number of carbonyl (C=O) groups excluding carboxylic acids is 1. The number of aryl methyl sites for hydroxylation is 1. The Morgan fingerprint density at radius 3 is 2.33 bits per heavy atom. The molecule has 0 unspecified atom stereocenters. The summed E-state index contributed by atoms with van der Waals surface area (Å²) in [5.74, 6) is -0.285. The van der Waals surface area contributed by atoms with E-state index in [1.54, 1.807) is 6.92 Å². The number of rotatable bonds is 3. The molecule has 3 rings (SSSR count). The molecule has 11 heteroatoms. The van der Waals surface area contributed by atoms with Gasteiger partial charge in [0.05, 0.1) is 16.3 Å². The van der Waals surface area contributed by atoms with E-state index in [1.807, 2.05) is 0 Å². The van der Waals surface area contributed by atoms with Gasteiger partial charge in [-0.05, 0) is 19.1 Å². The Balaban J connectivity index is 1.79. The van der Waals surface area contributed by atoms with E-state index in [0.29, 0.717) is 5.69 Å². The minimum Gasteiger partial charge on any atom is -0.367 e. The number of piperazine rings is 1. The number of nitrogens with zero attached hydrogens (tertiary/aromatic N) is 3. The van der Waals surface area contributed by atoms with E-state index in [1.165, 1.54) is 34.1 Å². The van der Waals surface area contributed by atoms with Gasteiger partial charge in [-0.2, -0.15) is 13.2 Å². The fourth-order valence-electron chi connectivity index (χ4n) is 2.84. The number of benzene rings is 1. The number of hydrogen-bond donors (Lipinski definition) is 0. The van der Waals surface area contributed by atoms with Gasteiger partial charge in [-0.1, -0.05) is 17.3 Å². The average molecular weight is 403 g/mol. The fraction of sp³-hybridized carbons (Fsp3) is 0.375. The van der Waals surface area contributed by atoms with Crippen molar-refractivity contribution in [2.24, 2.45) is 0 Å². The summed E-state index contributed by atoms with van der Waals surface area (Å²) in [5.41, 5.74) is -4.86. The quantitative estimate of drug-likeness (QED) is 0.782. The van der Waals surface area contributed by atoms with Crippen molar-refractivity contribution in [1.29, 1.82) is 0 Å². The number of aromatic nitrogens is 1. The van der Waals surface area contributed by atoms with Gasteiger partial charge in [0.15, 0.2) is 0 Å². The molecule has 1 saturated heterocycles. The van der Waals surface area contributed by atoms with Crippen molar-refractivity contribution in [3.8, 4) is 0 Å². The number of anilines is 1. The highest BCUT2D eigenvalue weighted by Gasteiger charge is 2.48. The van der Waals surface area contributed by atoms with Gasteiger partial charge in [0.25, 0.3) is 15.7 Å². The van der Waals surface area contributed by atoms with Crippen LogP contribution in [0.4, 0.5) is 18.9 Å². The van der Waals surface area contributed by atoms with Crippen LogP contribution in [0.2, 0.25) is 0 Å². The van der Waals surface area contributed by atoms with E-state index in [0.717, 1.165) is 6.07 Å². The predicted octanol–water partition coefficient (Wildman–Crippen LogP) is 2.24. The lowest BCUT2D eigenvalue weighted by Crippen LogP contribution is -2.49. The van der Waals surface area contributed by atoms with Gasteiger partial charge in [-0.15, -0.1) is 0 Å². The zero-order chi connectivity index (χ0) is 19.8. The largest absolute Gasteiger partial charge is 0.501 e. The topological polar surface area (TPSA) is 83.7 Å². The van der Waals surface area contributed by atoms with Crippen LogP contribution in [0.1, 0.15) is 16.2 Å². The van der Waals surface area contributed by atoms with Crippen LogP contribution < -0.4 is 4.90 Å². The third-order valence-corrected chi connectivity index (χ3v) is 5.74. The first-order valence-electron chi connectivity index (χ1n) is 7.99. The van der Waals surface area contributed by atoms with Crippen LogP contribution in [-0.4, -0.2) is 56.1 Å². The summed E-state index contributed by atoms with van der Waals surface area (Å²) in [6.45, 7) is 2.46. The number of halogens is 3.